The zero-order chi connectivity index (χ0) is 24.3. The molecule has 0 atom stereocenters. The van der Waals surface area contributed by atoms with Gasteiger partial charge < -0.3 is 15.0 Å². The molecule has 4 heterocycles. The zero-order valence-corrected chi connectivity index (χ0v) is 19.3. The number of hydrogen-bond donors (Lipinski definition) is 2. The number of fused-ring (bicyclic) bond motifs is 1. The van der Waals surface area contributed by atoms with Crippen LogP contribution in [0.15, 0.2) is 36.8 Å². The molecule has 11 heteroatoms. The van der Waals surface area contributed by atoms with Gasteiger partial charge in [0.15, 0.2) is 11.5 Å². The minimum atomic E-state index is -0.701. The molecule has 1 fully saturated rings. The van der Waals surface area contributed by atoms with E-state index in [-0.39, 0.29) is 23.3 Å². The topological polar surface area (TPSA) is 138 Å². The number of pyridine rings is 1. The Bertz CT molecular complexity index is 1230. The maximum absolute atomic E-state index is 13.2. The zero-order valence-electron chi connectivity index (χ0n) is 19.3. The van der Waals surface area contributed by atoms with Crippen LogP contribution < -0.4 is 15.5 Å². The first-order valence-electron chi connectivity index (χ1n) is 11.0. The van der Waals surface area contributed by atoms with Crippen LogP contribution in [-0.2, 0) is 4.74 Å². The first kappa shape index (κ1) is 23.0. The number of hydrogen-bond acceptors (Lipinski definition) is 8. The van der Waals surface area contributed by atoms with E-state index in [0.29, 0.717) is 24.3 Å². The molecule has 1 aliphatic heterocycles. The van der Waals surface area contributed by atoms with Crippen LogP contribution in [0.1, 0.15) is 49.5 Å². The number of rotatable bonds is 4. The van der Waals surface area contributed by atoms with Crippen LogP contribution in [0.3, 0.4) is 0 Å². The van der Waals surface area contributed by atoms with Crippen molar-refractivity contribution in [3.63, 3.8) is 0 Å². The standard InChI is InChI=1S/C23H26N8O3/c1-23(2,3)34-22(33)28-19-18(20-25-9-4-10-31(20)29-19)21(32)27-16-7-11-30(12-8-16)17-6-5-15(13-24)14-26-17/h4-6,9-10,14,16H,7-8,11-12H2,1-3H3,(H,27,32)(H,28,29,33). The number of nitriles is 1. The quantitative estimate of drug-likeness (QED) is 0.604. The molecule has 0 bridgehead atoms. The summed E-state index contributed by atoms with van der Waals surface area (Å²) >= 11 is 0. The number of ether oxygens (including phenoxy) is 1. The molecule has 0 spiro atoms. The number of nitrogens with one attached hydrogen (secondary N) is 2. The molecule has 2 N–H and O–H groups in total. The van der Waals surface area contributed by atoms with E-state index >= 15 is 0 Å². The summed E-state index contributed by atoms with van der Waals surface area (Å²) in [4.78, 5) is 36.3. The van der Waals surface area contributed by atoms with Gasteiger partial charge in [0.25, 0.3) is 5.91 Å². The van der Waals surface area contributed by atoms with Gasteiger partial charge in [-0.3, -0.25) is 10.1 Å². The Balaban J connectivity index is 1.45. The molecular formula is C23H26N8O3. The molecular weight excluding hydrogens is 436 g/mol. The van der Waals surface area contributed by atoms with E-state index in [0.717, 1.165) is 18.7 Å². The van der Waals surface area contributed by atoms with Crippen molar-refractivity contribution in [2.24, 2.45) is 0 Å². The van der Waals surface area contributed by atoms with Crippen molar-refractivity contribution in [3.05, 3.63) is 47.9 Å². The summed E-state index contributed by atoms with van der Waals surface area (Å²) in [7, 11) is 0. The van der Waals surface area contributed by atoms with Crippen LogP contribution in [0.2, 0.25) is 0 Å². The fourth-order valence-electron chi connectivity index (χ4n) is 3.73. The summed E-state index contributed by atoms with van der Waals surface area (Å²) in [6.45, 7) is 6.68. The molecule has 0 aliphatic carbocycles. The average molecular weight is 463 g/mol. The largest absolute Gasteiger partial charge is 0.444 e. The number of amides is 2. The van der Waals surface area contributed by atoms with Gasteiger partial charge in [-0.05, 0) is 51.8 Å². The van der Waals surface area contributed by atoms with Crippen molar-refractivity contribution < 1.29 is 14.3 Å². The SMILES string of the molecule is CC(C)(C)OC(=O)Nc1nn2cccnc2c1C(=O)NC1CCN(c2ccc(C#N)cn2)CC1. The Hall–Kier alpha value is -4.20. The number of aromatic nitrogens is 4. The van der Waals surface area contributed by atoms with Crippen LogP contribution in [-0.4, -0.2) is 56.3 Å². The third-order valence-corrected chi connectivity index (χ3v) is 5.27. The Kier molecular flexibility index (Phi) is 6.32. The molecule has 1 saturated heterocycles. The number of anilines is 2. The summed E-state index contributed by atoms with van der Waals surface area (Å²) in [5.74, 6) is 0.527. The molecule has 176 valence electrons. The second-order valence-corrected chi connectivity index (χ2v) is 8.99. The fraction of sp³-hybridized carbons (Fsp3) is 0.391. The monoisotopic (exact) mass is 462 g/mol. The van der Waals surface area contributed by atoms with Crippen molar-refractivity contribution >= 4 is 29.3 Å². The van der Waals surface area contributed by atoms with Crippen LogP contribution in [0, 0.1) is 11.3 Å². The number of carbonyl (C=O) groups excluding carboxylic acids is 2. The molecule has 2 amide bonds. The highest BCUT2D eigenvalue weighted by atomic mass is 16.6. The first-order valence-corrected chi connectivity index (χ1v) is 11.0. The van der Waals surface area contributed by atoms with E-state index in [4.69, 9.17) is 10.00 Å². The van der Waals surface area contributed by atoms with Gasteiger partial charge in [-0.2, -0.15) is 5.26 Å². The third-order valence-electron chi connectivity index (χ3n) is 5.27. The lowest BCUT2D eigenvalue weighted by Crippen LogP contribution is -2.45. The van der Waals surface area contributed by atoms with Gasteiger partial charge in [0.1, 0.15) is 23.1 Å². The molecule has 11 nitrogen and oxygen atoms in total. The average Bonchev–Trinajstić information content (AvgIpc) is 3.16. The highest BCUT2D eigenvalue weighted by Crippen LogP contribution is 2.22. The molecule has 0 aromatic carbocycles. The molecule has 1 aliphatic rings. The lowest BCUT2D eigenvalue weighted by Gasteiger charge is -2.33. The molecule has 34 heavy (non-hydrogen) atoms. The lowest BCUT2D eigenvalue weighted by molar-refractivity contribution is 0.0635. The predicted octanol–water partition coefficient (Wildman–Crippen LogP) is 2.74. The van der Waals surface area contributed by atoms with Gasteiger partial charge >= 0.3 is 6.09 Å². The second-order valence-electron chi connectivity index (χ2n) is 8.99. The van der Waals surface area contributed by atoms with Crippen molar-refractivity contribution in [1.29, 1.82) is 5.26 Å². The van der Waals surface area contributed by atoms with Gasteiger partial charge in [-0.1, -0.05) is 0 Å². The van der Waals surface area contributed by atoms with Crippen LogP contribution in [0.25, 0.3) is 5.65 Å². The highest BCUT2D eigenvalue weighted by Gasteiger charge is 2.28. The molecule has 3 aromatic rings. The summed E-state index contributed by atoms with van der Waals surface area (Å²) < 4.78 is 6.76. The number of carbonyl (C=O) groups is 2. The summed E-state index contributed by atoms with van der Waals surface area (Å²) in [6, 6.07) is 7.26. The Labute approximate surface area is 196 Å². The minimum absolute atomic E-state index is 0.0600. The van der Waals surface area contributed by atoms with E-state index in [2.05, 4.69) is 36.7 Å². The minimum Gasteiger partial charge on any atom is -0.444 e. The normalized spacial score (nSPS) is 14.5. The number of nitrogens with zero attached hydrogens (tertiary/aromatic N) is 6. The van der Waals surface area contributed by atoms with E-state index < -0.39 is 11.7 Å². The Morgan fingerprint density at radius 1 is 1.21 bits per heavy atom. The van der Waals surface area contributed by atoms with Crippen LogP contribution in [0.4, 0.5) is 16.4 Å². The maximum Gasteiger partial charge on any atom is 0.413 e. The van der Waals surface area contributed by atoms with E-state index in [9.17, 15) is 9.59 Å². The highest BCUT2D eigenvalue weighted by molar-refractivity contribution is 6.06. The molecule has 0 unspecified atom stereocenters. The second kappa shape index (κ2) is 9.35. The van der Waals surface area contributed by atoms with Crippen molar-refractivity contribution in [2.75, 3.05) is 23.3 Å². The molecule has 0 saturated carbocycles. The van der Waals surface area contributed by atoms with Gasteiger partial charge in [0.05, 0.1) is 5.56 Å². The fourth-order valence-corrected chi connectivity index (χ4v) is 3.73. The van der Waals surface area contributed by atoms with E-state index in [1.807, 2.05) is 6.07 Å². The summed E-state index contributed by atoms with van der Waals surface area (Å²) in [5, 5.41) is 18.9. The molecule has 4 rings (SSSR count). The number of piperidine rings is 1. The first-order chi connectivity index (χ1) is 16.2. The third kappa shape index (κ3) is 5.23. The predicted molar refractivity (Wildman–Crippen MR) is 124 cm³/mol. The van der Waals surface area contributed by atoms with Crippen molar-refractivity contribution in [3.8, 4) is 6.07 Å². The van der Waals surface area contributed by atoms with E-state index in [1.165, 1.54) is 4.52 Å². The van der Waals surface area contributed by atoms with Gasteiger partial charge in [0.2, 0.25) is 0 Å². The lowest BCUT2D eigenvalue weighted by atomic mass is 10.0. The molecule has 3 aromatic heterocycles. The van der Waals surface area contributed by atoms with E-state index in [1.54, 1.807) is 51.5 Å². The van der Waals surface area contributed by atoms with Crippen molar-refractivity contribution in [2.45, 2.75) is 45.3 Å². The van der Waals surface area contributed by atoms with Crippen LogP contribution in [0.5, 0.6) is 0 Å². The Morgan fingerprint density at radius 3 is 2.62 bits per heavy atom. The smallest absolute Gasteiger partial charge is 0.413 e. The van der Waals surface area contributed by atoms with Crippen LogP contribution >= 0.6 is 0 Å². The van der Waals surface area contributed by atoms with Gasteiger partial charge in [-0.15, -0.1) is 5.10 Å². The summed E-state index contributed by atoms with van der Waals surface area (Å²) in [6.07, 6.45) is 5.51. The van der Waals surface area contributed by atoms with Gasteiger partial charge in [0, 0.05) is 37.7 Å². The van der Waals surface area contributed by atoms with Gasteiger partial charge in [-0.25, -0.2) is 19.3 Å². The molecule has 0 radical (unpaired) electrons. The summed E-state index contributed by atoms with van der Waals surface area (Å²) in [5.41, 5.74) is 0.346. The Morgan fingerprint density at radius 2 is 1.97 bits per heavy atom. The van der Waals surface area contributed by atoms with Crippen molar-refractivity contribution in [1.82, 2.24) is 24.9 Å². The maximum atomic E-state index is 13.2.